The lowest BCUT2D eigenvalue weighted by molar-refractivity contribution is 0.242. The van der Waals surface area contributed by atoms with Crippen LogP contribution >= 0.6 is 0 Å². The molecule has 3 aromatic rings. The summed E-state index contributed by atoms with van der Waals surface area (Å²) in [6.45, 7) is 2.76. The van der Waals surface area contributed by atoms with Crippen molar-refractivity contribution in [3.8, 4) is 11.4 Å². The number of anilines is 1. The topological polar surface area (TPSA) is 71.3 Å². The van der Waals surface area contributed by atoms with Gasteiger partial charge >= 0.3 is 6.03 Å². The molecule has 0 radical (unpaired) electrons. The van der Waals surface area contributed by atoms with Gasteiger partial charge in [-0.25, -0.2) is 4.79 Å². The van der Waals surface area contributed by atoms with Gasteiger partial charge < -0.3 is 9.84 Å². The van der Waals surface area contributed by atoms with Crippen molar-refractivity contribution >= 4 is 11.7 Å². The fraction of sp³-hybridized carbons (Fsp3) is 0.348. The Kier molecular flexibility index (Phi) is 4.54. The Morgan fingerprint density at radius 1 is 1.21 bits per heavy atom. The summed E-state index contributed by atoms with van der Waals surface area (Å²) in [6, 6.07) is 14.5. The zero-order chi connectivity index (χ0) is 19.8. The molecule has 0 unspecified atom stereocenters. The molecule has 1 aliphatic carbocycles. The first-order chi connectivity index (χ1) is 14.2. The summed E-state index contributed by atoms with van der Waals surface area (Å²) in [5.41, 5.74) is 5.68. The zero-order valence-electron chi connectivity index (χ0n) is 16.5. The Bertz CT molecular complexity index is 1060. The molecule has 2 heterocycles. The van der Waals surface area contributed by atoms with Crippen LogP contribution in [0.3, 0.4) is 0 Å². The lowest BCUT2D eigenvalue weighted by Crippen LogP contribution is -2.43. The molecule has 1 N–H and O–H groups in total. The van der Waals surface area contributed by atoms with Gasteiger partial charge in [0.25, 0.3) is 0 Å². The lowest BCUT2D eigenvalue weighted by Gasteiger charge is -2.30. The van der Waals surface area contributed by atoms with E-state index in [0.29, 0.717) is 11.7 Å². The van der Waals surface area contributed by atoms with Crippen LogP contribution in [0.15, 0.2) is 47.0 Å². The minimum atomic E-state index is -0.00941. The number of nitrogens with one attached hydrogen (secondary N) is 1. The summed E-state index contributed by atoms with van der Waals surface area (Å²) < 4.78 is 5.23. The average molecular weight is 388 g/mol. The Morgan fingerprint density at radius 2 is 2.10 bits per heavy atom. The average Bonchev–Trinajstić information content (AvgIpc) is 3.40. The lowest BCUT2D eigenvalue weighted by atomic mass is 10.0. The van der Waals surface area contributed by atoms with Gasteiger partial charge in [-0.15, -0.1) is 0 Å². The van der Waals surface area contributed by atoms with Gasteiger partial charge in [0.1, 0.15) is 0 Å². The SMILES string of the molecule is CCc1nc(-c2ccc3c(c2)CC[C@H]3NC(=O)N2CCCc3ccccc32)no1. The molecule has 29 heavy (non-hydrogen) atoms. The highest BCUT2D eigenvalue weighted by Gasteiger charge is 2.28. The molecule has 1 aromatic heterocycles. The number of fused-ring (bicyclic) bond motifs is 2. The van der Waals surface area contributed by atoms with Crippen LogP contribution in [-0.2, 0) is 19.3 Å². The van der Waals surface area contributed by atoms with Crippen LogP contribution < -0.4 is 10.2 Å². The second-order valence-corrected chi connectivity index (χ2v) is 7.70. The van der Waals surface area contributed by atoms with Gasteiger partial charge in [0.2, 0.25) is 11.7 Å². The molecule has 0 bridgehead atoms. The van der Waals surface area contributed by atoms with Crippen LogP contribution in [0.4, 0.5) is 10.5 Å². The number of para-hydroxylation sites is 1. The van der Waals surface area contributed by atoms with E-state index in [-0.39, 0.29) is 12.1 Å². The highest BCUT2D eigenvalue weighted by atomic mass is 16.5. The molecule has 0 spiro atoms. The minimum Gasteiger partial charge on any atom is -0.339 e. The van der Waals surface area contributed by atoms with E-state index >= 15 is 0 Å². The molecule has 1 atom stereocenters. The van der Waals surface area contributed by atoms with Gasteiger partial charge in [-0.05, 0) is 54.5 Å². The van der Waals surface area contributed by atoms with Gasteiger partial charge in [0.05, 0.1) is 6.04 Å². The number of carbonyl (C=O) groups is 1. The molecule has 2 amide bonds. The largest absolute Gasteiger partial charge is 0.339 e. The number of rotatable bonds is 3. The number of aromatic nitrogens is 2. The number of hydrogen-bond acceptors (Lipinski definition) is 4. The van der Waals surface area contributed by atoms with Gasteiger partial charge in [-0.2, -0.15) is 4.98 Å². The third-order valence-electron chi connectivity index (χ3n) is 5.90. The Hall–Kier alpha value is -3.15. The Morgan fingerprint density at radius 3 is 2.97 bits per heavy atom. The smallest absolute Gasteiger partial charge is 0.322 e. The van der Waals surface area contributed by atoms with E-state index < -0.39 is 0 Å². The highest BCUT2D eigenvalue weighted by molar-refractivity contribution is 5.93. The van der Waals surface area contributed by atoms with Crippen LogP contribution in [0.2, 0.25) is 0 Å². The third kappa shape index (κ3) is 3.28. The number of carbonyl (C=O) groups excluding carboxylic acids is 1. The quantitative estimate of drug-likeness (QED) is 0.720. The summed E-state index contributed by atoms with van der Waals surface area (Å²) >= 11 is 0. The first-order valence-corrected chi connectivity index (χ1v) is 10.3. The monoisotopic (exact) mass is 388 g/mol. The van der Waals surface area contributed by atoms with Crippen LogP contribution in [0.1, 0.15) is 48.4 Å². The number of benzene rings is 2. The number of amides is 2. The molecule has 0 saturated carbocycles. The number of aryl methyl sites for hydroxylation is 3. The van der Waals surface area contributed by atoms with Crippen molar-refractivity contribution in [3.63, 3.8) is 0 Å². The second-order valence-electron chi connectivity index (χ2n) is 7.70. The van der Waals surface area contributed by atoms with Crippen molar-refractivity contribution < 1.29 is 9.32 Å². The van der Waals surface area contributed by atoms with Gasteiger partial charge in [0, 0.05) is 24.2 Å². The summed E-state index contributed by atoms with van der Waals surface area (Å²) in [7, 11) is 0. The maximum absolute atomic E-state index is 13.0. The summed E-state index contributed by atoms with van der Waals surface area (Å²) in [5, 5.41) is 7.33. The standard InChI is InChI=1S/C23H24N4O2/c1-2-21-25-22(26-29-21)17-9-11-18-16(14-17)10-12-19(18)24-23(28)27-13-5-7-15-6-3-4-8-20(15)27/h3-4,6,8-9,11,14,19H,2,5,7,10,12-13H2,1H3,(H,24,28)/t19-/m1/s1. The van der Waals surface area contributed by atoms with Gasteiger partial charge in [0.15, 0.2) is 0 Å². The van der Waals surface area contributed by atoms with Crippen LogP contribution in [0.5, 0.6) is 0 Å². The molecule has 5 rings (SSSR count). The van der Waals surface area contributed by atoms with Crippen molar-refractivity contribution in [3.05, 3.63) is 65.0 Å². The van der Waals surface area contributed by atoms with E-state index in [4.69, 9.17) is 4.52 Å². The maximum atomic E-state index is 13.0. The normalized spacial score (nSPS) is 17.7. The van der Waals surface area contributed by atoms with Gasteiger partial charge in [-0.3, -0.25) is 4.90 Å². The predicted octanol–water partition coefficient (Wildman–Crippen LogP) is 4.45. The maximum Gasteiger partial charge on any atom is 0.322 e. The number of nitrogens with zero attached hydrogens (tertiary/aromatic N) is 3. The fourth-order valence-corrected chi connectivity index (χ4v) is 4.39. The van der Waals surface area contributed by atoms with E-state index in [1.54, 1.807) is 0 Å². The van der Waals surface area contributed by atoms with E-state index in [0.717, 1.165) is 49.9 Å². The third-order valence-corrected chi connectivity index (χ3v) is 5.90. The minimum absolute atomic E-state index is 0.00941. The molecule has 2 aliphatic rings. The molecule has 0 saturated heterocycles. The van der Waals surface area contributed by atoms with Crippen molar-refractivity contribution in [2.75, 3.05) is 11.4 Å². The van der Waals surface area contributed by atoms with Crippen LogP contribution in [-0.4, -0.2) is 22.7 Å². The van der Waals surface area contributed by atoms with Gasteiger partial charge in [-0.1, -0.05) is 42.4 Å². The number of urea groups is 1. The first-order valence-electron chi connectivity index (χ1n) is 10.3. The molecular formula is C23H24N4O2. The fourth-order valence-electron chi connectivity index (χ4n) is 4.39. The van der Waals surface area contributed by atoms with E-state index in [1.165, 1.54) is 16.7 Å². The number of hydrogen-bond donors (Lipinski definition) is 1. The summed E-state index contributed by atoms with van der Waals surface area (Å²) in [5.74, 6) is 1.27. The molecular weight excluding hydrogens is 364 g/mol. The molecule has 1 aliphatic heterocycles. The van der Waals surface area contributed by atoms with Crippen molar-refractivity contribution in [2.24, 2.45) is 0 Å². The molecule has 6 nitrogen and oxygen atoms in total. The molecule has 0 fully saturated rings. The molecule has 2 aromatic carbocycles. The second kappa shape index (κ2) is 7.35. The Balaban J connectivity index is 1.34. The van der Waals surface area contributed by atoms with Crippen molar-refractivity contribution in [1.82, 2.24) is 15.5 Å². The molecule has 6 heteroatoms. The predicted molar refractivity (Wildman–Crippen MR) is 111 cm³/mol. The van der Waals surface area contributed by atoms with E-state index in [1.807, 2.05) is 36.1 Å². The van der Waals surface area contributed by atoms with Crippen LogP contribution in [0.25, 0.3) is 11.4 Å². The van der Waals surface area contributed by atoms with E-state index in [2.05, 4.69) is 33.7 Å². The van der Waals surface area contributed by atoms with E-state index in [9.17, 15) is 4.79 Å². The zero-order valence-corrected chi connectivity index (χ0v) is 16.5. The van der Waals surface area contributed by atoms with Crippen LogP contribution in [0, 0.1) is 0 Å². The summed E-state index contributed by atoms with van der Waals surface area (Å²) in [6.07, 6.45) is 4.60. The molecule has 148 valence electrons. The van der Waals surface area contributed by atoms with Crippen molar-refractivity contribution in [2.45, 2.75) is 45.1 Å². The first kappa shape index (κ1) is 17.9. The van der Waals surface area contributed by atoms with Crippen molar-refractivity contribution in [1.29, 1.82) is 0 Å². The summed E-state index contributed by atoms with van der Waals surface area (Å²) in [4.78, 5) is 19.3. The Labute approximate surface area is 169 Å². The highest BCUT2D eigenvalue weighted by Crippen LogP contribution is 2.34.